The standard InChI is InChI=1S/C24H24N2O5S/c1-32(29,30)25-22-15-9-8-14-21(22)24(28)31-18-23(27)26(16-19-10-4-2-5-11-19)17-20-12-6-3-7-13-20/h2-15,25H,16-18H2,1H3. The third-order valence-electron chi connectivity index (χ3n) is 4.55. The van der Waals surface area contributed by atoms with E-state index in [9.17, 15) is 18.0 Å². The van der Waals surface area contributed by atoms with Gasteiger partial charge in [-0.3, -0.25) is 9.52 Å². The van der Waals surface area contributed by atoms with Crippen LogP contribution in [-0.2, 0) is 32.6 Å². The van der Waals surface area contributed by atoms with Gasteiger partial charge in [-0.1, -0.05) is 72.8 Å². The van der Waals surface area contributed by atoms with Crippen LogP contribution in [0.25, 0.3) is 0 Å². The SMILES string of the molecule is CS(=O)(=O)Nc1ccccc1C(=O)OCC(=O)N(Cc1ccccc1)Cc1ccccc1. The minimum atomic E-state index is -3.58. The van der Waals surface area contributed by atoms with Crippen LogP contribution in [0.3, 0.4) is 0 Å². The van der Waals surface area contributed by atoms with Crippen molar-refractivity contribution < 1.29 is 22.7 Å². The Morgan fingerprint density at radius 3 is 1.84 bits per heavy atom. The van der Waals surface area contributed by atoms with Crippen molar-refractivity contribution in [3.63, 3.8) is 0 Å². The molecule has 0 saturated carbocycles. The Hall–Kier alpha value is -3.65. The van der Waals surface area contributed by atoms with E-state index in [1.807, 2.05) is 60.7 Å². The number of nitrogens with one attached hydrogen (secondary N) is 1. The Balaban J connectivity index is 1.71. The van der Waals surface area contributed by atoms with Crippen LogP contribution in [0.5, 0.6) is 0 Å². The molecule has 0 bridgehead atoms. The Bertz CT molecular complexity index is 1120. The predicted molar refractivity (Wildman–Crippen MR) is 122 cm³/mol. The van der Waals surface area contributed by atoms with E-state index in [0.717, 1.165) is 17.4 Å². The maximum atomic E-state index is 12.9. The molecule has 166 valence electrons. The number of rotatable bonds is 9. The van der Waals surface area contributed by atoms with Gasteiger partial charge in [0.2, 0.25) is 10.0 Å². The summed E-state index contributed by atoms with van der Waals surface area (Å²) in [6.45, 7) is 0.252. The molecule has 0 aliphatic heterocycles. The second kappa shape index (κ2) is 10.6. The van der Waals surface area contributed by atoms with Gasteiger partial charge in [-0.05, 0) is 23.3 Å². The third kappa shape index (κ3) is 6.95. The summed E-state index contributed by atoms with van der Waals surface area (Å²) in [5.74, 6) is -1.15. The molecule has 0 radical (unpaired) electrons. The highest BCUT2D eigenvalue weighted by molar-refractivity contribution is 7.92. The van der Waals surface area contributed by atoms with E-state index < -0.39 is 22.6 Å². The van der Waals surface area contributed by atoms with Gasteiger partial charge < -0.3 is 9.64 Å². The van der Waals surface area contributed by atoms with E-state index in [1.165, 1.54) is 12.1 Å². The molecule has 3 rings (SSSR count). The number of benzene rings is 3. The minimum Gasteiger partial charge on any atom is -0.452 e. The number of sulfonamides is 1. The first-order valence-corrected chi connectivity index (χ1v) is 11.8. The summed E-state index contributed by atoms with van der Waals surface area (Å²) in [5.41, 5.74) is 2.03. The van der Waals surface area contributed by atoms with Crippen molar-refractivity contribution in [3.8, 4) is 0 Å². The Morgan fingerprint density at radius 2 is 1.31 bits per heavy atom. The normalized spacial score (nSPS) is 10.9. The van der Waals surface area contributed by atoms with Crippen LogP contribution in [-0.4, -0.2) is 38.1 Å². The fraction of sp³-hybridized carbons (Fsp3) is 0.167. The van der Waals surface area contributed by atoms with Crippen molar-refractivity contribution in [2.24, 2.45) is 0 Å². The summed E-state index contributed by atoms with van der Waals surface area (Å²) >= 11 is 0. The molecule has 3 aromatic carbocycles. The highest BCUT2D eigenvalue weighted by atomic mass is 32.2. The molecule has 0 aliphatic carbocycles. The number of ether oxygens (including phenoxy) is 1. The van der Waals surface area contributed by atoms with Crippen LogP contribution in [0.4, 0.5) is 5.69 Å². The van der Waals surface area contributed by atoms with Gasteiger partial charge in [0, 0.05) is 13.1 Å². The number of carbonyl (C=O) groups excluding carboxylic acids is 2. The van der Waals surface area contributed by atoms with Crippen molar-refractivity contribution in [2.45, 2.75) is 13.1 Å². The van der Waals surface area contributed by atoms with Crippen molar-refractivity contribution in [2.75, 3.05) is 17.6 Å². The number of esters is 1. The molecular formula is C24H24N2O5S. The van der Waals surface area contributed by atoms with Crippen LogP contribution >= 0.6 is 0 Å². The van der Waals surface area contributed by atoms with Crippen LogP contribution < -0.4 is 4.72 Å². The third-order valence-corrected chi connectivity index (χ3v) is 5.14. The van der Waals surface area contributed by atoms with Gasteiger partial charge in [-0.2, -0.15) is 0 Å². The molecule has 1 amide bonds. The van der Waals surface area contributed by atoms with Gasteiger partial charge >= 0.3 is 5.97 Å². The lowest BCUT2D eigenvalue weighted by atomic mass is 10.1. The van der Waals surface area contributed by atoms with Gasteiger partial charge in [0.05, 0.1) is 17.5 Å². The number of amides is 1. The number of hydrogen-bond acceptors (Lipinski definition) is 5. The molecule has 8 heteroatoms. The summed E-state index contributed by atoms with van der Waals surface area (Å²) in [7, 11) is -3.58. The van der Waals surface area contributed by atoms with Crippen LogP contribution in [0.1, 0.15) is 21.5 Å². The Morgan fingerprint density at radius 1 is 0.812 bits per heavy atom. The fourth-order valence-corrected chi connectivity index (χ4v) is 3.66. The molecule has 0 fully saturated rings. The first-order chi connectivity index (χ1) is 15.3. The summed E-state index contributed by atoms with van der Waals surface area (Å²) in [5, 5.41) is 0. The molecule has 0 heterocycles. The van der Waals surface area contributed by atoms with Gasteiger partial charge in [0.1, 0.15) is 0 Å². The minimum absolute atomic E-state index is 0.0309. The average molecular weight is 453 g/mol. The molecule has 3 aromatic rings. The molecule has 1 N–H and O–H groups in total. The summed E-state index contributed by atoms with van der Waals surface area (Å²) in [6, 6.07) is 25.1. The highest BCUT2D eigenvalue weighted by Crippen LogP contribution is 2.18. The lowest BCUT2D eigenvalue weighted by molar-refractivity contribution is -0.135. The molecular weight excluding hydrogens is 428 g/mol. The van der Waals surface area contributed by atoms with E-state index in [4.69, 9.17) is 4.74 Å². The van der Waals surface area contributed by atoms with E-state index in [0.29, 0.717) is 13.1 Å². The van der Waals surface area contributed by atoms with Crippen molar-refractivity contribution in [1.29, 1.82) is 0 Å². The first kappa shape index (κ1) is 23.0. The zero-order valence-corrected chi connectivity index (χ0v) is 18.4. The first-order valence-electron chi connectivity index (χ1n) is 9.91. The highest BCUT2D eigenvalue weighted by Gasteiger charge is 2.20. The molecule has 0 saturated heterocycles. The van der Waals surface area contributed by atoms with Crippen LogP contribution in [0.2, 0.25) is 0 Å². The molecule has 0 aliphatic rings. The predicted octanol–water partition coefficient (Wildman–Crippen LogP) is 3.44. The van der Waals surface area contributed by atoms with Crippen molar-refractivity contribution >= 4 is 27.6 Å². The number of para-hydroxylation sites is 1. The van der Waals surface area contributed by atoms with Gasteiger partial charge in [0.25, 0.3) is 5.91 Å². The molecule has 0 spiro atoms. The molecule has 0 atom stereocenters. The second-order valence-electron chi connectivity index (χ2n) is 7.22. The Kier molecular flexibility index (Phi) is 7.62. The topological polar surface area (TPSA) is 92.8 Å². The van der Waals surface area contributed by atoms with Crippen molar-refractivity contribution in [3.05, 3.63) is 102 Å². The largest absolute Gasteiger partial charge is 0.452 e. The smallest absolute Gasteiger partial charge is 0.340 e. The van der Waals surface area contributed by atoms with E-state index in [2.05, 4.69) is 4.72 Å². The lowest BCUT2D eigenvalue weighted by Crippen LogP contribution is -2.34. The van der Waals surface area contributed by atoms with Crippen LogP contribution in [0.15, 0.2) is 84.9 Å². The number of hydrogen-bond donors (Lipinski definition) is 1. The molecule has 32 heavy (non-hydrogen) atoms. The number of carbonyl (C=O) groups is 2. The lowest BCUT2D eigenvalue weighted by Gasteiger charge is -2.23. The van der Waals surface area contributed by atoms with Gasteiger partial charge in [0.15, 0.2) is 6.61 Å². The van der Waals surface area contributed by atoms with E-state index >= 15 is 0 Å². The summed E-state index contributed by atoms with van der Waals surface area (Å²) < 4.78 is 30.6. The molecule has 0 unspecified atom stereocenters. The fourth-order valence-electron chi connectivity index (χ4n) is 3.09. The maximum absolute atomic E-state index is 12.9. The molecule has 7 nitrogen and oxygen atoms in total. The average Bonchev–Trinajstić information content (AvgIpc) is 2.77. The zero-order valence-electron chi connectivity index (χ0n) is 17.6. The van der Waals surface area contributed by atoms with Crippen molar-refractivity contribution in [1.82, 2.24) is 4.90 Å². The molecule has 0 aromatic heterocycles. The maximum Gasteiger partial charge on any atom is 0.340 e. The van der Waals surface area contributed by atoms with Gasteiger partial charge in [-0.15, -0.1) is 0 Å². The van der Waals surface area contributed by atoms with E-state index in [-0.39, 0.29) is 17.2 Å². The summed E-state index contributed by atoms with van der Waals surface area (Å²) in [4.78, 5) is 27.1. The monoisotopic (exact) mass is 452 g/mol. The van der Waals surface area contributed by atoms with Crippen LogP contribution in [0, 0.1) is 0 Å². The second-order valence-corrected chi connectivity index (χ2v) is 8.97. The summed E-state index contributed by atoms with van der Waals surface area (Å²) in [6.07, 6.45) is 0.990. The number of anilines is 1. The zero-order chi connectivity index (χ0) is 23.0. The van der Waals surface area contributed by atoms with E-state index in [1.54, 1.807) is 17.0 Å². The van der Waals surface area contributed by atoms with Gasteiger partial charge in [-0.25, -0.2) is 13.2 Å². The quantitative estimate of drug-likeness (QED) is 0.502. The Labute approximate surface area is 187 Å². The number of nitrogens with zero attached hydrogens (tertiary/aromatic N) is 1.